The van der Waals surface area contributed by atoms with Gasteiger partial charge in [-0.1, -0.05) is 12.1 Å². The summed E-state index contributed by atoms with van der Waals surface area (Å²) in [6, 6.07) is 5.45. The normalized spacial score (nSPS) is 15.6. The maximum absolute atomic E-state index is 13.3. The fraction of sp³-hybridized carbons (Fsp3) is 0.318. The molecule has 0 spiro atoms. The van der Waals surface area contributed by atoms with Gasteiger partial charge in [-0.2, -0.15) is 0 Å². The highest BCUT2D eigenvalue weighted by atomic mass is 35.5. The van der Waals surface area contributed by atoms with Crippen molar-refractivity contribution < 1.29 is 13.7 Å². The van der Waals surface area contributed by atoms with Gasteiger partial charge in [0.05, 0.1) is 17.5 Å². The van der Waals surface area contributed by atoms with Crippen LogP contribution in [0.5, 0.6) is 0 Å². The predicted molar refractivity (Wildman–Crippen MR) is 120 cm³/mol. The van der Waals surface area contributed by atoms with Crippen LogP contribution in [0, 0.1) is 19.8 Å². The Morgan fingerprint density at radius 2 is 2.17 bits per heavy atom. The molecular formula is C22H22ClN3O3S. The van der Waals surface area contributed by atoms with Crippen LogP contribution in [0.3, 0.4) is 0 Å². The zero-order valence-electron chi connectivity index (χ0n) is 16.9. The molecule has 1 amide bonds. The quantitative estimate of drug-likeness (QED) is 0.422. The van der Waals surface area contributed by atoms with Gasteiger partial charge in [0.2, 0.25) is 0 Å². The number of fused-ring (bicyclic) bond motifs is 3. The first-order valence-corrected chi connectivity index (χ1v) is 10.6. The van der Waals surface area contributed by atoms with E-state index in [1.54, 1.807) is 30.6 Å². The molecule has 0 aliphatic heterocycles. The third-order valence-corrected chi connectivity index (χ3v) is 6.64. The number of amides is 1. The number of rotatable bonds is 3. The van der Waals surface area contributed by atoms with Gasteiger partial charge in [0.15, 0.2) is 5.82 Å². The highest BCUT2D eigenvalue weighted by Crippen LogP contribution is 2.44. The summed E-state index contributed by atoms with van der Waals surface area (Å²) in [4.78, 5) is 20.4. The Kier molecular flexibility index (Phi) is 5.42. The lowest BCUT2D eigenvalue weighted by atomic mass is 9.87. The van der Waals surface area contributed by atoms with Crippen LogP contribution in [0.2, 0.25) is 0 Å². The lowest BCUT2D eigenvalue weighted by molar-refractivity contribution is 0.102. The molecule has 30 heavy (non-hydrogen) atoms. The highest BCUT2D eigenvalue weighted by Gasteiger charge is 2.29. The van der Waals surface area contributed by atoms with Crippen molar-refractivity contribution in [2.75, 3.05) is 5.32 Å². The molecule has 0 saturated heterocycles. The maximum atomic E-state index is 13.3. The van der Waals surface area contributed by atoms with Gasteiger partial charge in [-0.15, -0.1) is 23.7 Å². The number of aryl methyl sites for hydroxylation is 3. The lowest BCUT2D eigenvalue weighted by Crippen LogP contribution is -2.16. The summed E-state index contributed by atoms with van der Waals surface area (Å²) in [6.07, 6.45) is 4.84. The van der Waals surface area contributed by atoms with Gasteiger partial charge in [0.25, 0.3) is 5.91 Å². The minimum Gasteiger partial charge on any atom is -0.464 e. The molecule has 1 N–H and O–H groups in total. The number of furan rings is 1. The number of thiophene rings is 1. The Morgan fingerprint density at radius 1 is 1.33 bits per heavy atom. The minimum atomic E-state index is -0.263. The molecule has 8 heteroatoms. The summed E-state index contributed by atoms with van der Waals surface area (Å²) in [5, 5.41) is 7.78. The molecule has 4 heterocycles. The number of pyridine rings is 1. The van der Waals surface area contributed by atoms with Gasteiger partial charge >= 0.3 is 0 Å². The molecule has 1 aliphatic rings. The standard InChI is InChI=1S/C22H21N3O3S.ClH/c1-11-6-7-14-16(9-11)29-22-19(14)20(15-5-4-8-27-15)18(13(3)23-22)21(26)24-17-10-12(2)28-25-17;/h4-5,8,10-11H,6-7,9H2,1-3H3,(H,24,25,26);1H. The second kappa shape index (κ2) is 7.89. The summed E-state index contributed by atoms with van der Waals surface area (Å²) in [6.45, 7) is 5.95. The molecule has 4 aromatic rings. The van der Waals surface area contributed by atoms with Crippen molar-refractivity contribution in [3.8, 4) is 11.3 Å². The van der Waals surface area contributed by atoms with Crippen molar-refractivity contribution in [1.29, 1.82) is 0 Å². The first-order valence-electron chi connectivity index (χ1n) is 9.74. The van der Waals surface area contributed by atoms with Gasteiger partial charge in [-0.3, -0.25) is 4.79 Å². The molecule has 156 valence electrons. The van der Waals surface area contributed by atoms with E-state index < -0.39 is 0 Å². The van der Waals surface area contributed by atoms with Crippen molar-refractivity contribution in [2.24, 2.45) is 5.92 Å². The Bertz CT molecular complexity index is 1230. The van der Waals surface area contributed by atoms with Crippen LogP contribution in [-0.2, 0) is 12.8 Å². The molecule has 0 radical (unpaired) electrons. The van der Waals surface area contributed by atoms with E-state index in [4.69, 9.17) is 13.9 Å². The molecule has 0 saturated carbocycles. The van der Waals surface area contributed by atoms with Crippen LogP contribution in [-0.4, -0.2) is 16.0 Å². The summed E-state index contributed by atoms with van der Waals surface area (Å²) in [5.41, 5.74) is 3.33. The van der Waals surface area contributed by atoms with Gasteiger partial charge in [-0.05, 0) is 56.7 Å². The molecule has 4 aromatic heterocycles. The van der Waals surface area contributed by atoms with Crippen molar-refractivity contribution in [2.45, 2.75) is 40.0 Å². The van der Waals surface area contributed by atoms with Crippen molar-refractivity contribution in [1.82, 2.24) is 10.1 Å². The fourth-order valence-electron chi connectivity index (χ4n) is 4.14. The van der Waals surface area contributed by atoms with Crippen LogP contribution < -0.4 is 5.32 Å². The average molecular weight is 444 g/mol. The molecule has 0 aromatic carbocycles. The Hall–Kier alpha value is -2.64. The topological polar surface area (TPSA) is 81.2 Å². The van der Waals surface area contributed by atoms with E-state index in [0.717, 1.165) is 35.0 Å². The van der Waals surface area contributed by atoms with E-state index in [9.17, 15) is 4.79 Å². The summed E-state index contributed by atoms with van der Waals surface area (Å²) in [5.74, 6) is 2.11. The first kappa shape index (κ1) is 20.6. The molecule has 0 fully saturated rings. The predicted octanol–water partition coefficient (Wildman–Crippen LogP) is 5.96. The number of halogens is 1. The number of nitrogens with zero attached hydrogens (tertiary/aromatic N) is 2. The van der Waals surface area contributed by atoms with Gasteiger partial charge in [0.1, 0.15) is 16.4 Å². The van der Waals surface area contributed by atoms with Crippen LogP contribution in [0.25, 0.3) is 21.5 Å². The largest absolute Gasteiger partial charge is 0.464 e. The first-order chi connectivity index (χ1) is 14.0. The number of anilines is 1. The number of carbonyl (C=O) groups is 1. The Balaban J connectivity index is 0.00000218. The van der Waals surface area contributed by atoms with Gasteiger partial charge in [0, 0.05) is 21.9 Å². The smallest absolute Gasteiger partial charge is 0.259 e. The molecule has 6 nitrogen and oxygen atoms in total. The summed E-state index contributed by atoms with van der Waals surface area (Å²) in [7, 11) is 0. The highest BCUT2D eigenvalue weighted by molar-refractivity contribution is 7.19. The zero-order valence-corrected chi connectivity index (χ0v) is 18.6. The van der Waals surface area contributed by atoms with Crippen LogP contribution in [0.1, 0.15) is 45.6 Å². The van der Waals surface area contributed by atoms with E-state index in [2.05, 4.69) is 17.4 Å². The van der Waals surface area contributed by atoms with Crippen LogP contribution >= 0.6 is 23.7 Å². The van der Waals surface area contributed by atoms with E-state index in [1.165, 1.54) is 10.4 Å². The molecular weight excluding hydrogens is 422 g/mol. The molecule has 1 atom stereocenters. The van der Waals surface area contributed by atoms with Crippen molar-refractivity contribution >= 4 is 45.7 Å². The average Bonchev–Trinajstić information content (AvgIpc) is 3.40. The SMILES string of the molecule is Cc1cc(NC(=O)c2c(C)nc3sc4c(c3c2-c2ccco2)CCC(C)C4)no1.Cl. The Morgan fingerprint density at radius 3 is 2.87 bits per heavy atom. The Labute approximate surface area is 184 Å². The van der Waals surface area contributed by atoms with Gasteiger partial charge in [-0.25, -0.2) is 4.98 Å². The third kappa shape index (κ3) is 3.42. The van der Waals surface area contributed by atoms with E-state index in [0.29, 0.717) is 34.5 Å². The second-order valence-corrected chi connectivity index (χ2v) is 8.82. The molecule has 0 bridgehead atoms. The maximum Gasteiger partial charge on any atom is 0.259 e. The number of carbonyl (C=O) groups excluding carboxylic acids is 1. The van der Waals surface area contributed by atoms with E-state index >= 15 is 0 Å². The number of aromatic nitrogens is 2. The molecule has 1 aliphatic carbocycles. The van der Waals surface area contributed by atoms with Gasteiger partial charge < -0.3 is 14.3 Å². The fourth-order valence-corrected chi connectivity index (χ4v) is 5.57. The zero-order chi connectivity index (χ0) is 20.1. The third-order valence-electron chi connectivity index (χ3n) is 5.49. The molecule has 1 unspecified atom stereocenters. The second-order valence-electron chi connectivity index (χ2n) is 7.73. The summed E-state index contributed by atoms with van der Waals surface area (Å²) < 4.78 is 10.9. The number of hydrogen-bond donors (Lipinski definition) is 1. The number of nitrogens with one attached hydrogen (secondary N) is 1. The van der Waals surface area contributed by atoms with Crippen molar-refractivity contribution in [3.63, 3.8) is 0 Å². The van der Waals surface area contributed by atoms with E-state index in [1.807, 2.05) is 19.1 Å². The monoisotopic (exact) mass is 443 g/mol. The van der Waals surface area contributed by atoms with Crippen molar-refractivity contribution in [3.05, 3.63) is 51.9 Å². The van der Waals surface area contributed by atoms with Crippen LogP contribution in [0.4, 0.5) is 5.82 Å². The summed E-state index contributed by atoms with van der Waals surface area (Å²) >= 11 is 1.74. The minimum absolute atomic E-state index is 0. The number of hydrogen-bond acceptors (Lipinski definition) is 6. The van der Waals surface area contributed by atoms with Crippen LogP contribution in [0.15, 0.2) is 33.4 Å². The van der Waals surface area contributed by atoms with E-state index in [-0.39, 0.29) is 18.3 Å². The molecule has 5 rings (SSSR count). The lowest BCUT2D eigenvalue weighted by Gasteiger charge is -2.19.